The molecule has 0 radical (unpaired) electrons. The van der Waals surface area contributed by atoms with E-state index in [-0.39, 0.29) is 47.6 Å². The Labute approximate surface area is 204 Å². The van der Waals surface area contributed by atoms with Crippen molar-refractivity contribution in [2.45, 2.75) is 44.6 Å². The molecule has 192 valence electrons. The molecule has 1 amide bonds. The molecule has 3 aromatic rings. The van der Waals surface area contributed by atoms with Crippen molar-refractivity contribution in [1.82, 2.24) is 14.5 Å². The van der Waals surface area contributed by atoms with E-state index in [0.29, 0.717) is 19.4 Å². The molecule has 2 heterocycles. The molecule has 7 nitrogen and oxygen atoms in total. The van der Waals surface area contributed by atoms with Crippen LogP contribution < -0.4 is 0 Å². The third kappa shape index (κ3) is 4.32. The Balaban J connectivity index is 1.80. The molecule has 1 aliphatic rings. The first-order valence-corrected chi connectivity index (χ1v) is 11.4. The predicted octanol–water partition coefficient (Wildman–Crippen LogP) is 4.02. The molecule has 36 heavy (non-hydrogen) atoms. The minimum atomic E-state index is -5.17. The number of benzene rings is 2. The van der Waals surface area contributed by atoms with Gasteiger partial charge < -0.3 is 19.3 Å². The number of ether oxygens (including phenoxy) is 1. The van der Waals surface area contributed by atoms with Crippen LogP contribution in [0, 0.1) is 11.7 Å². The number of halogens is 4. The number of carbonyl (C=O) groups is 2. The summed E-state index contributed by atoms with van der Waals surface area (Å²) >= 11 is 0. The summed E-state index contributed by atoms with van der Waals surface area (Å²) in [6.07, 6.45) is -4.52. The van der Waals surface area contributed by atoms with E-state index < -0.39 is 29.0 Å². The molecule has 1 N–H and O–H groups in total. The van der Waals surface area contributed by atoms with E-state index >= 15 is 0 Å². The summed E-state index contributed by atoms with van der Waals surface area (Å²) in [6.45, 7) is 4.39. The van der Waals surface area contributed by atoms with Crippen LogP contribution in [0.4, 0.5) is 17.6 Å². The summed E-state index contributed by atoms with van der Waals surface area (Å²) in [5.41, 5.74) is -3.48. The van der Waals surface area contributed by atoms with E-state index in [1.807, 2.05) is 6.92 Å². The summed E-state index contributed by atoms with van der Waals surface area (Å²) < 4.78 is 62.4. The van der Waals surface area contributed by atoms with Crippen LogP contribution in [0.3, 0.4) is 0 Å². The molecule has 2 aromatic carbocycles. The van der Waals surface area contributed by atoms with Crippen LogP contribution in [0.25, 0.3) is 11.0 Å². The highest BCUT2D eigenvalue weighted by molar-refractivity contribution is 5.98. The van der Waals surface area contributed by atoms with Crippen LogP contribution in [0.2, 0.25) is 0 Å². The van der Waals surface area contributed by atoms with Gasteiger partial charge in [0.2, 0.25) is 5.60 Å². The lowest BCUT2D eigenvalue weighted by Crippen LogP contribution is -2.45. The molecule has 3 atom stereocenters. The van der Waals surface area contributed by atoms with Crippen LogP contribution in [-0.2, 0) is 21.7 Å². The Bertz CT molecular complexity index is 1270. The third-order valence-corrected chi connectivity index (χ3v) is 6.55. The van der Waals surface area contributed by atoms with E-state index in [9.17, 15) is 32.3 Å². The van der Waals surface area contributed by atoms with Gasteiger partial charge in [-0.15, -0.1) is 0 Å². The van der Waals surface area contributed by atoms with Gasteiger partial charge in [0.15, 0.2) is 5.82 Å². The third-order valence-electron chi connectivity index (χ3n) is 6.55. The van der Waals surface area contributed by atoms with E-state index in [0.717, 1.165) is 24.3 Å². The number of imidazole rings is 1. The number of aryl methyl sites for hydroxylation is 1. The number of amides is 1. The highest BCUT2D eigenvalue weighted by Crippen LogP contribution is 2.44. The van der Waals surface area contributed by atoms with Gasteiger partial charge in [-0.1, -0.05) is 19.1 Å². The van der Waals surface area contributed by atoms with Crippen molar-refractivity contribution < 1.29 is 37.0 Å². The Morgan fingerprint density at radius 1 is 1.22 bits per heavy atom. The highest BCUT2D eigenvalue weighted by atomic mass is 19.4. The Morgan fingerprint density at radius 3 is 2.53 bits per heavy atom. The van der Waals surface area contributed by atoms with Crippen molar-refractivity contribution in [3.05, 3.63) is 65.2 Å². The Morgan fingerprint density at radius 2 is 1.92 bits per heavy atom. The number of hydrogen-bond donors (Lipinski definition) is 1. The van der Waals surface area contributed by atoms with Crippen LogP contribution in [0.1, 0.15) is 42.0 Å². The number of carbonyl (C=O) groups excluding carboxylic acids is 2. The first-order chi connectivity index (χ1) is 17.0. The molecule has 4 rings (SSSR count). The number of rotatable bonds is 7. The summed E-state index contributed by atoms with van der Waals surface area (Å²) in [5, 5.41) is 11.0. The number of alkyl halides is 3. The number of nitrogens with zero attached hydrogens (tertiary/aromatic N) is 3. The minimum Gasteiger partial charge on any atom is -0.466 e. The molecule has 11 heteroatoms. The van der Waals surface area contributed by atoms with Gasteiger partial charge >= 0.3 is 6.18 Å². The molecule has 0 saturated carbocycles. The first kappa shape index (κ1) is 25.6. The monoisotopic (exact) mass is 507 g/mol. The normalized spacial score (nSPS) is 19.9. The Kier molecular flexibility index (Phi) is 6.78. The summed E-state index contributed by atoms with van der Waals surface area (Å²) in [7, 11) is 0. The lowest BCUT2D eigenvalue weighted by atomic mass is 9.92. The summed E-state index contributed by atoms with van der Waals surface area (Å²) in [4.78, 5) is 29.6. The van der Waals surface area contributed by atoms with Crippen LogP contribution >= 0.6 is 0 Å². The Hall–Kier alpha value is -3.47. The minimum absolute atomic E-state index is 0.0135. The largest absolute Gasteiger partial charge is 0.466 e. The number of aromatic nitrogens is 2. The zero-order valence-corrected chi connectivity index (χ0v) is 19.6. The van der Waals surface area contributed by atoms with Gasteiger partial charge in [0.25, 0.3) is 12.4 Å². The van der Waals surface area contributed by atoms with Crippen LogP contribution in [-0.4, -0.2) is 57.3 Å². The highest BCUT2D eigenvalue weighted by Gasteiger charge is 2.59. The SMILES string of the molecule is CCn1c(C(O)(c2ccc(F)cc2)C(F)(F)F)nc2ccc(C(=O)N3C[C@H](C)C[C@H]3COC=O)cc21. The zero-order chi connectivity index (χ0) is 26.3. The number of fused-ring (bicyclic) bond motifs is 1. The fourth-order valence-electron chi connectivity index (χ4n) is 4.84. The maximum atomic E-state index is 14.3. The van der Waals surface area contributed by atoms with Crippen molar-refractivity contribution in [2.75, 3.05) is 13.2 Å². The average molecular weight is 507 g/mol. The number of likely N-dealkylation sites (tertiary alicyclic amines) is 1. The van der Waals surface area contributed by atoms with Crippen molar-refractivity contribution in [2.24, 2.45) is 5.92 Å². The number of hydrogen-bond acceptors (Lipinski definition) is 5. The van der Waals surface area contributed by atoms with E-state index in [4.69, 9.17) is 4.74 Å². The summed E-state index contributed by atoms with van der Waals surface area (Å²) in [6, 6.07) is 7.43. The van der Waals surface area contributed by atoms with Crippen LogP contribution in [0.5, 0.6) is 0 Å². The molecule has 1 saturated heterocycles. The van der Waals surface area contributed by atoms with Crippen molar-refractivity contribution in [1.29, 1.82) is 0 Å². The average Bonchev–Trinajstić information content (AvgIpc) is 3.40. The van der Waals surface area contributed by atoms with Crippen molar-refractivity contribution in [3.63, 3.8) is 0 Å². The maximum Gasteiger partial charge on any atom is 0.428 e. The van der Waals surface area contributed by atoms with E-state index in [1.165, 1.54) is 22.8 Å². The maximum absolute atomic E-state index is 14.3. The molecule has 0 aliphatic carbocycles. The van der Waals surface area contributed by atoms with Crippen LogP contribution in [0.15, 0.2) is 42.5 Å². The van der Waals surface area contributed by atoms with Gasteiger partial charge in [-0.25, -0.2) is 9.37 Å². The molecular formula is C25H25F4N3O4. The standard InChI is InChI=1S/C25H25F4N3O4/c1-3-31-21-11-16(22(34)32-12-15(2)10-19(32)13-36-14-33)4-9-20(21)30-23(31)24(35,25(27,28)29)17-5-7-18(26)8-6-17/h4-9,11,14-15,19,35H,3,10,12-13H2,1-2H3/t15-,19+,24?/m1/s1. The molecule has 1 aromatic heterocycles. The molecule has 1 unspecified atom stereocenters. The van der Waals surface area contributed by atoms with Gasteiger partial charge in [-0.3, -0.25) is 9.59 Å². The lowest BCUT2D eigenvalue weighted by molar-refractivity contribution is -0.252. The summed E-state index contributed by atoms with van der Waals surface area (Å²) in [5.74, 6) is -1.60. The molecule has 1 fully saturated rings. The number of aliphatic hydroxyl groups is 1. The van der Waals surface area contributed by atoms with Crippen molar-refractivity contribution >= 4 is 23.4 Å². The fraction of sp³-hybridized carbons (Fsp3) is 0.400. The second-order valence-electron chi connectivity index (χ2n) is 8.98. The lowest BCUT2D eigenvalue weighted by Gasteiger charge is -2.30. The predicted molar refractivity (Wildman–Crippen MR) is 121 cm³/mol. The fourth-order valence-corrected chi connectivity index (χ4v) is 4.84. The first-order valence-electron chi connectivity index (χ1n) is 11.4. The molecular weight excluding hydrogens is 482 g/mol. The van der Waals surface area contributed by atoms with E-state index in [2.05, 4.69) is 4.98 Å². The smallest absolute Gasteiger partial charge is 0.428 e. The second kappa shape index (κ2) is 9.53. The van der Waals surface area contributed by atoms with Gasteiger partial charge in [0.1, 0.15) is 12.4 Å². The second-order valence-corrected chi connectivity index (χ2v) is 8.98. The van der Waals surface area contributed by atoms with Crippen molar-refractivity contribution in [3.8, 4) is 0 Å². The van der Waals surface area contributed by atoms with Gasteiger partial charge in [-0.05, 0) is 49.6 Å². The molecule has 1 aliphatic heterocycles. The van der Waals surface area contributed by atoms with E-state index in [1.54, 1.807) is 11.8 Å². The quantitative estimate of drug-likeness (QED) is 0.386. The zero-order valence-electron chi connectivity index (χ0n) is 19.6. The topological polar surface area (TPSA) is 84.7 Å². The molecule has 0 spiro atoms. The van der Waals surface area contributed by atoms with Gasteiger partial charge in [0.05, 0.1) is 17.1 Å². The van der Waals surface area contributed by atoms with Gasteiger partial charge in [0, 0.05) is 24.2 Å². The molecule has 0 bridgehead atoms. The van der Waals surface area contributed by atoms with Gasteiger partial charge in [-0.2, -0.15) is 13.2 Å².